The molecule has 5 nitrogen and oxygen atoms in total. The Kier molecular flexibility index (Phi) is 1.62. The molecule has 0 aliphatic carbocycles. The lowest BCUT2D eigenvalue weighted by Gasteiger charge is -2.31. The first-order valence-electron chi connectivity index (χ1n) is 5.09. The third-order valence-electron chi connectivity index (χ3n) is 2.92. The lowest BCUT2D eigenvalue weighted by Crippen LogP contribution is -2.37. The standard InChI is InChI=1S/C10H13N5/c1-14-9-7(12-10(14)11)3-4-8(13-9)15-5-2-6-15/h3-4H,2,5-6H2,1H3,(H2,11,12). The zero-order valence-electron chi connectivity index (χ0n) is 8.64. The van der Waals surface area contributed by atoms with E-state index in [2.05, 4.69) is 14.9 Å². The average molecular weight is 203 g/mol. The van der Waals surface area contributed by atoms with E-state index in [9.17, 15) is 0 Å². The van der Waals surface area contributed by atoms with Crippen molar-refractivity contribution in [2.45, 2.75) is 6.42 Å². The third kappa shape index (κ3) is 1.16. The summed E-state index contributed by atoms with van der Waals surface area (Å²) in [7, 11) is 1.89. The number of imidazole rings is 1. The van der Waals surface area contributed by atoms with Crippen molar-refractivity contribution in [3.63, 3.8) is 0 Å². The highest BCUT2D eigenvalue weighted by atomic mass is 15.3. The van der Waals surface area contributed by atoms with Gasteiger partial charge in [0.05, 0.1) is 0 Å². The monoisotopic (exact) mass is 203 g/mol. The van der Waals surface area contributed by atoms with Gasteiger partial charge in [0.2, 0.25) is 5.95 Å². The highest BCUT2D eigenvalue weighted by Gasteiger charge is 2.17. The minimum absolute atomic E-state index is 0.512. The Morgan fingerprint density at radius 3 is 2.73 bits per heavy atom. The van der Waals surface area contributed by atoms with Crippen LogP contribution in [0.1, 0.15) is 6.42 Å². The van der Waals surface area contributed by atoms with Gasteiger partial charge in [0.25, 0.3) is 0 Å². The van der Waals surface area contributed by atoms with E-state index < -0.39 is 0 Å². The van der Waals surface area contributed by atoms with Gasteiger partial charge < -0.3 is 10.6 Å². The molecule has 5 heteroatoms. The van der Waals surface area contributed by atoms with Crippen molar-refractivity contribution in [1.29, 1.82) is 0 Å². The van der Waals surface area contributed by atoms with Gasteiger partial charge in [0.15, 0.2) is 5.65 Å². The minimum Gasteiger partial charge on any atom is -0.369 e. The number of nitrogen functional groups attached to an aromatic ring is 1. The molecular weight excluding hydrogens is 190 g/mol. The first-order chi connectivity index (χ1) is 7.25. The van der Waals surface area contributed by atoms with Crippen molar-refractivity contribution in [2.75, 3.05) is 23.7 Å². The number of nitrogens with two attached hydrogens (primary N) is 1. The first kappa shape index (κ1) is 8.52. The third-order valence-corrected chi connectivity index (χ3v) is 2.92. The van der Waals surface area contributed by atoms with Crippen LogP contribution in [0.3, 0.4) is 0 Å². The van der Waals surface area contributed by atoms with Crippen molar-refractivity contribution in [2.24, 2.45) is 7.05 Å². The molecule has 0 saturated carbocycles. The molecule has 3 rings (SSSR count). The van der Waals surface area contributed by atoms with E-state index in [-0.39, 0.29) is 0 Å². The molecule has 1 aliphatic heterocycles. The van der Waals surface area contributed by atoms with E-state index >= 15 is 0 Å². The number of aryl methyl sites for hydroxylation is 1. The number of rotatable bonds is 1. The maximum atomic E-state index is 5.72. The van der Waals surface area contributed by atoms with Gasteiger partial charge in [0.1, 0.15) is 11.3 Å². The number of pyridine rings is 1. The molecule has 0 radical (unpaired) electrons. The molecular formula is C10H13N5. The van der Waals surface area contributed by atoms with E-state index in [0.717, 1.165) is 30.1 Å². The zero-order valence-corrected chi connectivity index (χ0v) is 8.64. The van der Waals surface area contributed by atoms with E-state index in [1.807, 2.05) is 23.7 Å². The van der Waals surface area contributed by atoms with E-state index in [4.69, 9.17) is 5.73 Å². The molecule has 2 aromatic rings. The molecule has 2 N–H and O–H groups in total. The summed E-state index contributed by atoms with van der Waals surface area (Å²) in [5, 5.41) is 0. The summed E-state index contributed by atoms with van der Waals surface area (Å²) in [5.41, 5.74) is 7.44. The van der Waals surface area contributed by atoms with Gasteiger partial charge in [-0.1, -0.05) is 0 Å². The van der Waals surface area contributed by atoms with Crippen molar-refractivity contribution < 1.29 is 0 Å². The molecule has 1 fully saturated rings. The van der Waals surface area contributed by atoms with Gasteiger partial charge in [-0.2, -0.15) is 0 Å². The molecule has 0 spiro atoms. The molecule has 0 unspecified atom stereocenters. The van der Waals surface area contributed by atoms with Crippen molar-refractivity contribution >= 4 is 22.9 Å². The van der Waals surface area contributed by atoms with Gasteiger partial charge in [-0.05, 0) is 18.6 Å². The topological polar surface area (TPSA) is 60.0 Å². The van der Waals surface area contributed by atoms with Crippen LogP contribution in [-0.2, 0) is 7.05 Å². The Morgan fingerprint density at radius 2 is 2.07 bits per heavy atom. The molecule has 0 bridgehead atoms. The second-order valence-electron chi connectivity index (χ2n) is 3.88. The van der Waals surface area contributed by atoms with Crippen LogP contribution in [0.25, 0.3) is 11.2 Å². The van der Waals surface area contributed by atoms with E-state index in [1.165, 1.54) is 6.42 Å². The number of fused-ring (bicyclic) bond motifs is 1. The summed E-state index contributed by atoms with van der Waals surface area (Å²) in [5.74, 6) is 1.54. The Bertz CT molecular complexity index is 512. The summed E-state index contributed by atoms with van der Waals surface area (Å²) in [6, 6.07) is 3.99. The van der Waals surface area contributed by atoms with E-state index in [1.54, 1.807) is 0 Å². The molecule has 1 aliphatic rings. The van der Waals surface area contributed by atoms with Crippen molar-refractivity contribution in [1.82, 2.24) is 14.5 Å². The number of hydrogen-bond acceptors (Lipinski definition) is 4. The van der Waals surface area contributed by atoms with Gasteiger partial charge >= 0.3 is 0 Å². The van der Waals surface area contributed by atoms with Crippen LogP contribution in [0, 0.1) is 0 Å². The van der Waals surface area contributed by atoms with Crippen molar-refractivity contribution in [3.8, 4) is 0 Å². The van der Waals surface area contributed by atoms with Gasteiger partial charge in [0, 0.05) is 20.1 Å². The fourth-order valence-corrected chi connectivity index (χ4v) is 1.79. The maximum absolute atomic E-state index is 5.72. The predicted molar refractivity (Wildman–Crippen MR) is 59.8 cm³/mol. The molecule has 0 aromatic carbocycles. The summed E-state index contributed by atoms with van der Waals surface area (Å²) in [6.45, 7) is 2.21. The molecule has 78 valence electrons. The van der Waals surface area contributed by atoms with Crippen molar-refractivity contribution in [3.05, 3.63) is 12.1 Å². The van der Waals surface area contributed by atoms with Gasteiger partial charge in [-0.15, -0.1) is 0 Å². The van der Waals surface area contributed by atoms with Crippen LogP contribution in [0.15, 0.2) is 12.1 Å². The van der Waals surface area contributed by atoms with Crippen LogP contribution in [0.5, 0.6) is 0 Å². The largest absolute Gasteiger partial charge is 0.369 e. The first-order valence-corrected chi connectivity index (χ1v) is 5.09. The van der Waals surface area contributed by atoms with Crippen LogP contribution in [0.2, 0.25) is 0 Å². The second-order valence-corrected chi connectivity index (χ2v) is 3.88. The average Bonchev–Trinajstić information content (AvgIpc) is 2.41. The molecule has 1 saturated heterocycles. The second kappa shape index (κ2) is 2.85. The lowest BCUT2D eigenvalue weighted by molar-refractivity contribution is 0.610. The van der Waals surface area contributed by atoms with Gasteiger partial charge in [-0.25, -0.2) is 9.97 Å². The molecule has 3 heterocycles. The summed E-state index contributed by atoms with van der Waals surface area (Å²) in [6.07, 6.45) is 1.26. The highest BCUT2D eigenvalue weighted by Crippen LogP contribution is 2.22. The SMILES string of the molecule is Cn1c(N)nc2ccc(N3CCC3)nc21. The number of aromatic nitrogens is 3. The number of anilines is 2. The Hall–Kier alpha value is -1.78. The van der Waals surface area contributed by atoms with Gasteiger partial charge in [-0.3, -0.25) is 4.57 Å². The Balaban J connectivity index is 2.15. The molecule has 2 aromatic heterocycles. The zero-order chi connectivity index (χ0) is 10.4. The van der Waals surface area contributed by atoms with Crippen LogP contribution >= 0.6 is 0 Å². The summed E-state index contributed by atoms with van der Waals surface area (Å²) >= 11 is 0. The molecule has 0 amide bonds. The summed E-state index contributed by atoms with van der Waals surface area (Å²) < 4.78 is 1.82. The normalized spacial score (nSPS) is 15.7. The fraction of sp³-hybridized carbons (Fsp3) is 0.400. The lowest BCUT2D eigenvalue weighted by atomic mass is 10.2. The maximum Gasteiger partial charge on any atom is 0.202 e. The number of hydrogen-bond donors (Lipinski definition) is 1. The summed E-state index contributed by atoms with van der Waals surface area (Å²) in [4.78, 5) is 11.0. The Labute approximate surface area is 87.5 Å². The minimum atomic E-state index is 0.512. The Morgan fingerprint density at radius 1 is 1.27 bits per heavy atom. The fourth-order valence-electron chi connectivity index (χ4n) is 1.79. The van der Waals surface area contributed by atoms with Crippen LogP contribution in [0.4, 0.5) is 11.8 Å². The predicted octanol–water partition coefficient (Wildman–Crippen LogP) is 0.761. The van der Waals surface area contributed by atoms with E-state index in [0.29, 0.717) is 5.95 Å². The highest BCUT2D eigenvalue weighted by molar-refractivity contribution is 5.76. The smallest absolute Gasteiger partial charge is 0.202 e. The van der Waals surface area contributed by atoms with Crippen LogP contribution in [-0.4, -0.2) is 27.6 Å². The molecule has 0 atom stereocenters. The van der Waals surface area contributed by atoms with Crippen LogP contribution < -0.4 is 10.6 Å². The number of nitrogens with zero attached hydrogens (tertiary/aromatic N) is 4. The quantitative estimate of drug-likeness (QED) is 0.743. The molecule has 15 heavy (non-hydrogen) atoms.